The van der Waals surface area contributed by atoms with E-state index >= 15 is 0 Å². The van der Waals surface area contributed by atoms with Gasteiger partial charge in [-0.05, 0) is 78.6 Å². The van der Waals surface area contributed by atoms with Gasteiger partial charge in [0.1, 0.15) is 6.04 Å². The molecule has 0 bridgehead atoms. The molecule has 1 fully saturated rings. The van der Waals surface area contributed by atoms with E-state index in [-0.39, 0.29) is 36.0 Å². The zero-order chi connectivity index (χ0) is 38.1. The van der Waals surface area contributed by atoms with E-state index in [1.807, 2.05) is 97.9 Å². The van der Waals surface area contributed by atoms with Crippen LogP contribution in [0.1, 0.15) is 53.6 Å². The first-order valence-corrected chi connectivity index (χ1v) is 20.1. The van der Waals surface area contributed by atoms with Gasteiger partial charge in [-0.1, -0.05) is 84.4 Å². The van der Waals surface area contributed by atoms with Crippen LogP contribution in [-0.2, 0) is 42.1 Å². The highest BCUT2D eigenvalue weighted by Crippen LogP contribution is 2.40. The number of aliphatic hydroxyl groups excluding tert-OH is 1. The third-order valence-corrected chi connectivity index (χ3v) is 11.5. The SMILES string of the molecule is CC(=O)Nc1ccc(SCC2CC(c3ccc(CO)cc3)OC(c3ccc(NC(=O)C(Cc4ccccc4)NS(=O)(=O)c4ccc(C)cc4)cc3)O2)cc1. The van der Waals surface area contributed by atoms with Crippen LogP contribution in [0, 0.1) is 6.92 Å². The lowest BCUT2D eigenvalue weighted by Gasteiger charge is -2.36. The number of nitrogens with one attached hydrogen (secondary N) is 3. The number of benzene rings is 5. The van der Waals surface area contributed by atoms with Crippen LogP contribution >= 0.6 is 11.8 Å². The molecule has 1 heterocycles. The summed E-state index contributed by atoms with van der Waals surface area (Å²) in [7, 11) is -3.99. The second kappa shape index (κ2) is 18.0. The van der Waals surface area contributed by atoms with Crippen LogP contribution in [0.5, 0.6) is 0 Å². The van der Waals surface area contributed by atoms with Gasteiger partial charge in [-0.15, -0.1) is 11.8 Å². The van der Waals surface area contributed by atoms with Crippen LogP contribution in [0.2, 0.25) is 0 Å². The van der Waals surface area contributed by atoms with Crippen LogP contribution in [0.15, 0.2) is 137 Å². The van der Waals surface area contributed by atoms with Gasteiger partial charge < -0.3 is 25.2 Å². The van der Waals surface area contributed by atoms with E-state index in [0.717, 1.165) is 38.4 Å². The third-order valence-electron chi connectivity index (χ3n) is 8.90. The molecule has 5 aromatic rings. The van der Waals surface area contributed by atoms with Gasteiger partial charge in [0.05, 0.1) is 23.7 Å². The van der Waals surface area contributed by atoms with E-state index in [1.54, 1.807) is 36.0 Å². The number of sulfonamides is 1. The van der Waals surface area contributed by atoms with Crippen molar-refractivity contribution in [2.24, 2.45) is 0 Å². The molecule has 12 heteroatoms. The Bertz CT molecular complexity index is 2110. The third kappa shape index (κ3) is 10.7. The summed E-state index contributed by atoms with van der Waals surface area (Å²) < 4.78 is 42.3. The molecule has 0 radical (unpaired) electrons. The van der Waals surface area contributed by atoms with E-state index in [9.17, 15) is 23.1 Å². The molecule has 1 aliphatic rings. The lowest BCUT2D eigenvalue weighted by atomic mass is 10.0. The quantitative estimate of drug-likeness (QED) is 0.0863. The summed E-state index contributed by atoms with van der Waals surface area (Å²) in [5, 5.41) is 15.2. The van der Waals surface area contributed by atoms with Crippen molar-refractivity contribution in [1.82, 2.24) is 4.72 Å². The summed E-state index contributed by atoms with van der Waals surface area (Å²) in [6, 6.07) is 37.1. The molecule has 10 nitrogen and oxygen atoms in total. The van der Waals surface area contributed by atoms with Crippen molar-refractivity contribution >= 4 is 45.0 Å². The minimum atomic E-state index is -3.99. The van der Waals surface area contributed by atoms with Gasteiger partial charge in [0.25, 0.3) is 0 Å². The predicted molar refractivity (Wildman–Crippen MR) is 210 cm³/mol. The second-order valence-electron chi connectivity index (χ2n) is 13.2. The van der Waals surface area contributed by atoms with Crippen molar-refractivity contribution in [2.75, 3.05) is 16.4 Å². The Kier molecular flexibility index (Phi) is 13.0. The van der Waals surface area contributed by atoms with Crippen LogP contribution in [0.4, 0.5) is 11.4 Å². The average Bonchev–Trinajstić information content (AvgIpc) is 3.18. The van der Waals surface area contributed by atoms with Gasteiger partial charge in [0.2, 0.25) is 21.8 Å². The fourth-order valence-electron chi connectivity index (χ4n) is 6.01. The van der Waals surface area contributed by atoms with Gasteiger partial charge >= 0.3 is 0 Å². The number of aliphatic hydroxyl groups is 1. The lowest BCUT2D eigenvalue weighted by molar-refractivity contribution is -0.245. The average molecular weight is 766 g/mol. The van der Waals surface area contributed by atoms with Crippen molar-refractivity contribution in [3.05, 3.63) is 155 Å². The molecule has 1 aliphatic heterocycles. The fraction of sp³-hybridized carbons (Fsp3) is 0.238. The largest absolute Gasteiger partial charge is 0.392 e. The van der Waals surface area contributed by atoms with Crippen molar-refractivity contribution in [2.45, 2.75) is 67.6 Å². The van der Waals surface area contributed by atoms with Crippen molar-refractivity contribution in [1.29, 1.82) is 0 Å². The number of hydrogen-bond donors (Lipinski definition) is 4. The second-order valence-corrected chi connectivity index (χ2v) is 16.0. The molecule has 0 aliphatic carbocycles. The Hall–Kier alpha value is -4.82. The van der Waals surface area contributed by atoms with Crippen molar-refractivity contribution in [3.8, 4) is 0 Å². The molecule has 5 aromatic carbocycles. The van der Waals surface area contributed by atoms with Crippen molar-refractivity contribution in [3.63, 3.8) is 0 Å². The molecule has 0 aromatic heterocycles. The van der Waals surface area contributed by atoms with Gasteiger partial charge in [0.15, 0.2) is 6.29 Å². The first kappa shape index (κ1) is 38.9. The zero-order valence-electron chi connectivity index (χ0n) is 30.0. The number of anilines is 2. The number of rotatable bonds is 14. The topological polar surface area (TPSA) is 143 Å². The van der Waals surface area contributed by atoms with Gasteiger partial charge in [-0.2, -0.15) is 4.72 Å². The molecule has 2 amide bonds. The Morgan fingerprint density at radius 1 is 0.778 bits per heavy atom. The highest BCUT2D eigenvalue weighted by molar-refractivity contribution is 7.99. The lowest BCUT2D eigenvalue weighted by Crippen LogP contribution is -2.45. The molecule has 0 spiro atoms. The summed E-state index contributed by atoms with van der Waals surface area (Å²) in [6.45, 7) is 3.30. The number of thioether (sulfide) groups is 1. The maximum Gasteiger partial charge on any atom is 0.242 e. The number of amides is 2. The summed E-state index contributed by atoms with van der Waals surface area (Å²) >= 11 is 1.65. The molecule has 4 N–H and O–H groups in total. The Balaban J connectivity index is 1.16. The molecule has 6 rings (SSSR count). The maximum absolute atomic E-state index is 13.7. The molecule has 54 heavy (non-hydrogen) atoms. The van der Waals surface area contributed by atoms with Crippen LogP contribution < -0.4 is 15.4 Å². The number of aryl methyl sites for hydroxylation is 1. The smallest absolute Gasteiger partial charge is 0.242 e. The van der Waals surface area contributed by atoms with Gasteiger partial charge in [-0.25, -0.2) is 8.42 Å². The Morgan fingerprint density at radius 2 is 1.41 bits per heavy atom. The molecular weight excluding hydrogens is 723 g/mol. The first-order valence-electron chi connectivity index (χ1n) is 17.6. The van der Waals surface area contributed by atoms with E-state index in [1.165, 1.54) is 19.1 Å². The fourth-order valence-corrected chi connectivity index (χ4v) is 8.13. The van der Waals surface area contributed by atoms with Gasteiger partial charge in [0, 0.05) is 40.9 Å². The standard InChI is InChI=1S/C42H43N3O7S2/c1-28-8-22-38(23-9-28)54(49,50)45-39(24-30-6-4-3-5-7-30)41(48)44-35-16-14-33(15-17-35)42-51-36(25-40(52-42)32-12-10-31(26-46)11-13-32)27-53-37-20-18-34(19-21-37)43-29(2)47/h3-23,36,39-40,42,45-46H,24-27H2,1-2H3,(H,43,47)(H,44,48). The predicted octanol–water partition coefficient (Wildman–Crippen LogP) is 7.31. The Labute approximate surface area is 320 Å². The number of ether oxygens (including phenoxy) is 2. The summed E-state index contributed by atoms with van der Waals surface area (Å²) in [6.07, 6.45) is -0.388. The number of hydrogen-bond acceptors (Lipinski definition) is 8. The molecule has 4 atom stereocenters. The normalized spacial score (nSPS) is 17.7. The summed E-state index contributed by atoms with van der Waals surface area (Å²) in [5.74, 6) is 0.0279. The van der Waals surface area contributed by atoms with E-state index in [2.05, 4.69) is 15.4 Å². The van der Waals surface area contributed by atoms with Crippen LogP contribution in [-0.4, -0.2) is 43.2 Å². The zero-order valence-corrected chi connectivity index (χ0v) is 31.6. The van der Waals surface area contributed by atoms with E-state index < -0.39 is 28.3 Å². The minimum Gasteiger partial charge on any atom is -0.392 e. The molecule has 4 unspecified atom stereocenters. The van der Waals surface area contributed by atoms with E-state index in [4.69, 9.17) is 9.47 Å². The highest BCUT2D eigenvalue weighted by Gasteiger charge is 2.32. The molecule has 0 saturated carbocycles. The highest BCUT2D eigenvalue weighted by atomic mass is 32.2. The van der Waals surface area contributed by atoms with E-state index in [0.29, 0.717) is 17.9 Å². The number of carbonyl (C=O) groups is 2. The minimum absolute atomic E-state index is 0.0496. The maximum atomic E-state index is 13.7. The molecular formula is C42H43N3O7S2. The van der Waals surface area contributed by atoms with Crippen LogP contribution in [0.3, 0.4) is 0 Å². The Morgan fingerprint density at radius 3 is 2.06 bits per heavy atom. The summed E-state index contributed by atoms with van der Waals surface area (Å²) in [5.41, 5.74) is 5.48. The first-order chi connectivity index (χ1) is 26.0. The van der Waals surface area contributed by atoms with Gasteiger partial charge in [-0.3, -0.25) is 9.59 Å². The van der Waals surface area contributed by atoms with Crippen molar-refractivity contribution < 1.29 is 32.6 Å². The molecule has 1 saturated heterocycles. The van der Waals surface area contributed by atoms with Crippen LogP contribution in [0.25, 0.3) is 0 Å². The monoisotopic (exact) mass is 765 g/mol. The molecule has 280 valence electrons. The summed E-state index contributed by atoms with van der Waals surface area (Å²) in [4.78, 5) is 26.2. The number of carbonyl (C=O) groups excluding carboxylic acids is 2.